The smallest absolute Gasteiger partial charge is 0.433 e. The van der Waals surface area contributed by atoms with Crippen molar-refractivity contribution in [2.75, 3.05) is 19.6 Å². The molecule has 41 heavy (non-hydrogen) atoms. The lowest BCUT2D eigenvalue weighted by atomic mass is 10.0. The van der Waals surface area contributed by atoms with E-state index in [1.807, 2.05) is 0 Å². The van der Waals surface area contributed by atoms with Crippen LogP contribution in [0.1, 0.15) is 57.0 Å². The van der Waals surface area contributed by atoms with Crippen molar-refractivity contribution in [3.8, 4) is 11.6 Å². The number of hydrogen-bond acceptors (Lipinski definition) is 7. The standard InChI is InChI=1S/C26H30F5N5O5/c1-24(2,3)41-23(39)32-15(12-36-14-25(27,28)8-6-19(36)37)11-20(38)35-9-7-16-17(13-35)33-22(18-5-4-10-40-18)34-21(16)26(29,30)31/h4-5,10,15H,6-9,11-14H2,1-3H3,(H,32,39)/t15-/m0/s1. The number of alkyl carbamates (subject to hydrolysis) is 1. The van der Waals surface area contributed by atoms with Crippen molar-refractivity contribution in [1.82, 2.24) is 25.1 Å². The van der Waals surface area contributed by atoms with Crippen molar-refractivity contribution in [3.05, 3.63) is 35.3 Å². The number of carbonyl (C=O) groups excluding carboxylic acids is 3. The Morgan fingerprint density at radius 3 is 2.56 bits per heavy atom. The number of carbonyl (C=O) groups is 3. The van der Waals surface area contributed by atoms with Gasteiger partial charge in [0.05, 0.1) is 31.1 Å². The third-order valence-corrected chi connectivity index (χ3v) is 6.49. The number of piperidine rings is 1. The van der Waals surface area contributed by atoms with Gasteiger partial charge in [-0.1, -0.05) is 0 Å². The summed E-state index contributed by atoms with van der Waals surface area (Å²) in [6.45, 7) is 3.21. The van der Waals surface area contributed by atoms with Crippen molar-refractivity contribution < 1.29 is 45.5 Å². The molecule has 2 aliphatic heterocycles. The highest BCUT2D eigenvalue weighted by Crippen LogP contribution is 2.35. The predicted octanol–water partition coefficient (Wildman–Crippen LogP) is 4.18. The Morgan fingerprint density at radius 2 is 1.93 bits per heavy atom. The van der Waals surface area contributed by atoms with E-state index < -0.39 is 66.7 Å². The molecular weight excluding hydrogens is 557 g/mol. The Hall–Kier alpha value is -3.78. The summed E-state index contributed by atoms with van der Waals surface area (Å²) in [6, 6.07) is 1.78. The number of likely N-dealkylation sites (tertiary alicyclic amines) is 1. The maximum absolute atomic E-state index is 14.0. The lowest BCUT2D eigenvalue weighted by molar-refractivity contribution is -0.148. The predicted molar refractivity (Wildman–Crippen MR) is 132 cm³/mol. The Balaban J connectivity index is 1.55. The number of furan rings is 1. The van der Waals surface area contributed by atoms with Gasteiger partial charge in [0, 0.05) is 37.9 Å². The SMILES string of the molecule is CC(C)(C)OC(=O)N[C@@H](CC(=O)N1CCc2c(nc(-c3ccco3)nc2C(F)(F)F)C1)CN1CC(F)(F)CCC1=O. The van der Waals surface area contributed by atoms with Crippen LogP contribution in [0.2, 0.25) is 0 Å². The lowest BCUT2D eigenvalue weighted by Gasteiger charge is -2.36. The van der Waals surface area contributed by atoms with Crippen LogP contribution in [0.3, 0.4) is 0 Å². The van der Waals surface area contributed by atoms with Crippen molar-refractivity contribution in [3.63, 3.8) is 0 Å². The molecule has 1 saturated heterocycles. The van der Waals surface area contributed by atoms with E-state index in [9.17, 15) is 36.3 Å². The van der Waals surface area contributed by atoms with Crippen LogP contribution >= 0.6 is 0 Å². The minimum Gasteiger partial charge on any atom is -0.461 e. The molecule has 0 radical (unpaired) electrons. The summed E-state index contributed by atoms with van der Waals surface area (Å²) in [5.74, 6) is -4.52. The van der Waals surface area contributed by atoms with Crippen LogP contribution in [0.5, 0.6) is 0 Å². The van der Waals surface area contributed by atoms with E-state index in [0.29, 0.717) is 0 Å². The first-order valence-electron chi connectivity index (χ1n) is 12.9. The average molecular weight is 588 g/mol. The van der Waals surface area contributed by atoms with Crippen LogP contribution in [-0.2, 0) is 33.5 Å². The van der Waals surface area contributed by atoms with Crippen LogP contribution in [-0.4, -0.2) is 74.9 Å². The maximum Gasteiger partial charge on any atom is 0.433 e. The second-order valence-corrected chi connectivity index (χ2v) is 11.0. The minimum atomic E-state index is -4.77. The van der Waals surface area contributed by atoms with Crippen molar-refractivity contribution in [1.29, 1.82) is 0 Å². The van der Waals surface area contributed by atoms with Gasteiger partial charge in [-0.15, -0.1) is 0 Å². The fourth-order valence-corrected chi connectivity index (χ4v) is 4.70. The number of nitrogens with zero attached hydrogens (tertiary/aromatic N) is 4. The highest BCUT2D eigenvalue weighted by molar-refractivity contribution is 5.80. The third-order valence-electron chi connectivity index (χ3n) is 6.49. The lowest BCUT2D eigenvalue weighted by Crippen LogP contribution is -2.53. The fourth-order valence-electron chi connectivity index (χ4n) is 4.70. The molecule has 0 bridgehead atoms. The molecule has 1 atom stereocenters. The summed E-state index contributed by atoms with van der Waals surface area (Å²) in [5, 5.41) is 2.48. The molecule has 2 aromatic rings. The second kappa shape index (κ2) is 11.2. The van der Waals surface area contributed by atoms with Crippen LogP contribution < -0.4 is 5.32 Å². The van der Waals surface area contributed by atoms with Gasteiger partial charge in [0.25, 0.3) is 5.92 Å². The number of nitrogens with one attached hydrogen (secondary N) is 1. The van der Waals surface area contributed by atoms with Gasteiger partial charge in [0.1, 0.15) is 5.60 Å². The van der Waals surface area contributed by atoms with Crippen molar-refractivity contribution >= 4 is 17.9 Å². The van der Waals surface area contributed by atoms with E-state index in [4.69, 9.17) is 9.15 Å². The summed E-state index contributed by atoms with van der Waals surface area (Å²) in [5.41, 5.74) is -2.16. The van der Waals surface area contributed by atoms with Gasteiger partial charge in [-0.3, -0.25) is 9.59 Å². The molecule has 4 rings (SSSR count). The Bertz CT molecular complexity index is 1290. The van der Waals surface area contributed by atoms with E-state index in [1.54, 1.807) is 20.8 Å². The summed E-state index contributed by atoms with van der Waals surface area (Å²) in [4.78, 5) is 48.2. The minimum absolute atomic E-state index is 0.0131. The fraction of sp³-hybridized carbons (Fsp3) is 0.577. The number of amides is 3. The molecule has 0 unspecified atom stereocenters. The number of rotatable bonds is 6. The molecule has 1 fully saturated rings. The van der Waals surface area contributed by atoms with Gasteiger partial charge in [-0.2, -0.15) is 13.2 Å². The summed E-state index contributed by atoms with van der Waals surface area (Å²) in [7, 11) is 0. The second-order valence-electron chi connectivity index (χ2n) is 11.0. The monoisotopic (exact) mass is 587 g/mol. The van der Waals surface area contributed by atoms with E-state index in [0.717, 1.165) is 4.90 Å². The van der Waals surface area contributed by atoms with Crippen LogP contribution in [0.15, 0.2) is 22.8 Å². The van der Waals surface area contributed by atoms with Crippen molar-refractivity contribution in [2.24, 2.45) is 0 Å². The third kappa shape index (κ3) is 7.70. The summed E-state index contributed by atoms with van der Waals surface area (Å²) >= 11 is 0. The molecule has 0 aromatic carbocycles. The average Bonchev–Trinajstić information content (AvgIpc) is 3.38. The van der Waals surface area contributed by atoms with Crippen LogP contribution in [0.25, 0.3) is 11.6 Å². The summed E-state index contributed by atoms with van der Waals surface area (Å²) in [6.07, 6.45) is -6.01. The van der Waals surface area contributed by atoms with Gasteiger partial charge in [0.15, 0.2) is 17.3 Å². The molecule has 1 N–H and O–H groups in total. The van der Waals surface area contributed by atoms with Gasteiger partial charge >= 0.3 is 12.3 Å². The van der Waals surface area contributed by atoms with Gasteiger partial charge in [-0.05, 0) is 39.3 Å². The van der Waals surface area contributed by atoms with Crippen molar-refractivity contribution in [2.45, 2.75) is 76.7 Å². The number of alkyl halides is 5. The number of fused-ring (bicyclic) bond motifs is 1. The quantitative estimate of drug-likeness (QED) is 0.504. The molecule has 0 spiro atoms. The Morgan fingerprint density at radius 1 is 1.20 bits per heavy atom. The number of hydrogen-bond donors (Lipinski definition) is 1. The Kier molecular flexibility index (Phi) is 8.28. The molecule has 3 amide bonds. The van der Waals surface area contributed by atoms with Gasteiger partial charge < -0.3 is 24.3 Å². The maximum atomic E-state index is 14.0. The molecule has 10 nitrogen and oxygen atoms in total. The number of halogens is 5. The molecule has 224 valence electrons. The molecule has 0 aliphatic carbocycles. The zero-order valence-corrected chi connectivity index (χ0v) is 22.7. The normalized spacial score (nSPS) is 18.1. The molecule has 0 saturated carbocycles. The van der Waals surface area contributed by atoms with E-state index in [1.165, 1.54) is 23.3 Å². The molecule has 2 aromatic heterocycles. The first kappa shape index (κ1) is 30.2. The van der Waals surface area contributed by atoms with Gasteiger partial charge in [0.2, 0.25) is 11.8 Å². The topological polar surface area (TPSA) is 118 Å². The highest BCUT2D eigenvalue weighted by Gasteiger charge is 2.41. The Labute approximate surface area is 232 Å². The first-order valence-corrected chi connectivity index (χ1v) is 12.9. The van der Waals surface area contributed by atoms with Crippen LogP contribution in [0, 0.1) is 0 Å². The molecular formula is C26H30F5N5O5. The van der Waals surface area contributed by atoms with E-state index >= 15 is 0 Å². The number of aromatic nitrogens is 2. The largest absolute Gasteiger partial charge is 0.461 e. The zero-order valence-electron chi connectivity index (χ0n) is 22.7. The molecule has 4 heterocycles. The highest BCUT2D eigenvalue weighted by atomic mass is 19.4. The van der Waals surface area contributed by atoms with Crippen LogP contribution in [0.4, 0.5) is 26.7 Å². The zero-order chi connectivity index (χ0) is 30.2. The van der Waals surface area contributed by atoms with Gasteiger partial charge in [-0.25, -0.2) is 23.5 Å². The first-order chi connectivity index (χ1) is 19.0. The summed E-state index contributed by atoms with van der Waals surface area (Å²) < 4.78 is 80.0. The van der Waals surface area contributed by atoms with E-state index in [2.05, 4.69) is 15.3 Å². The van der Waals surface area contributed by atoms with E-state index in [-0.39, 0.29) is 55.3 Å². The molecule has 2 aliphatic rings. The number of ether oxygens (including phenoxy) is 1. The molecule has 15 heteroatoms.